The number of aromatic nitrogens is 1. The van der Waals surface area contributed by atoms with E-state index in [0.717, 1.165) is 11.3 Å². The lowest BCUT2D eigenvalue weighted by atomic mass is 10.2. The summed E-state index contributed by atoms with van der Waals surface area (Å²) in [6.45, 7) is 0.768. The van der Waals surface area contributed by atoms with Crippen LogP contribution in [0.15, 0.2) is 23.0 Å². The molecule has 0 saturated carbocycles. The van der Waals surface area contributed by atoms with Gasteiger partial charge >= 0.3 is 0 Å². The van der Waals surface area contributed by atoms with E-state index in [0.29, 0.717) is 29.7 Å². The Balaban J connectivity index is 2.20. The molecule has 1 aromatic carbocycles. The number of rotatable bonds is 5. The number of nitrogens with zero attached hydrogens (tertiary/aromatic N) is 1. The van der Waals surface area contributed by atoms with Crippen molar-refractivity contribution in [1.29, 1.82) is 0 Å². The molecule has 96 valence electrons. The van der Waals surface area contributed by atoms with Gasteiger partial charge in [0.1, 0.15) is 6.61 Å². The average molecular weight is 285 g/mol. The summed E-state index contributed by atoms with van der Waals surface area (Å²) < 4.78 is 10.9. The first-order chi connectivity index (χ1) is 8.74. The number of benzene rings is 1. The lowest BCUT2D eigenvalue weighted by molar-refractivity contribution is 0.281. The Kier molecular flexibility index (Phi) is 4.41. The van der Waals surface area contributed by atoms with Crippen molar-refractivity contribution < 1.29 is 9.47 Å². The van der Waals surface area contributed by atoms with Crippen molar-refractivity contribution in [3.63, 3.8) is 0 Å². The maximum atomic E-state index is 6.15. The molecule has 0 spiro atoms. The van der Waals surface area contributed by atoms with Crippen LogP contribution in [0.2, 0.25) is 5.02 Å². The Morgan fingerprint density at radius 3 is 2.89 bits per heavy atom. The fourth-order valence-electron chi connectivity index (χ4n) is 1.49. The highest BCUT2D eigenvalue weighted by Crippen LogP contribution is 2.36. The molecule has 0 amide bonds. The SMILES string of the molecule is COc1cc(CN)cc(Cl)c1OCc1cscn1. The number of hydrogen-bond donors (Lipinski definition) is 1. The molecule has 0 fully saturated rings. The molecule has 0 atom stereocenters. The fourth-order valence-corrected chi connectivity index (χ4v) is 2.32. The Morgan fingerprint density at radius 1 is 1.44 bits per heavy atom. The molecule has 4 nitrogen and oxygen atoms in total. The Morgan fingerprint density at radius 2 is 2.28 bits per heavy atom. The molecule has 6 heteroatoms. The van der Waals surface area contributed by atoms with E-state index in [1.165, 1.54) is 11.3 Å². The van der Waals surface area contributed by atoms with E-state index in [1.54, 1.807) is 18.7 Å². The van der Waals surface area contributed by atoms with Crippen molar-refractivity contribution in [2.45, 2.75) is 13.2 Å². The third kappa shape index (κ3) is 2.93. The highest BCUT2D eigenvalue weighted by Gasteiger charge is 2.12. The van der Waals surface area contributed by atoms with Crippen LogP contribution >= 0.6 is 22.9 Å². The van der Waals surface area contributed by atoms with E-state index in [2.05, 4.69) is 4.98 Å². The topological polar surface area (TPSA) is 57.4 Å². The van der Waals surface area contributed by atoms with Crippen LogP contribution in [0.25, 0.3) is 0 Å². The maximum absolute atomic E-state index is 6.15. The second-order valence-corrected chi connectivity index (χ2v) is 4.71. The average Bonchev–Trinajstić information content (AvgIpc) is 2.89. The maximum Gasteiger partial charge on any atom is 0.180 e. The molecule has 1 aromatic heterocycles. The Bertz CT molecular complexity index is 517. The van der Waals surface area contributed by atoms with Crippen molar-refractivity contribution in [2.75, 3.05) is 7.11 Å². The lowest BCUT2D eigenvalue weighted by Crippen LogP contribution is -2.01. The molecular formula is C12H13ClN2O2S. The van der Waals surface area contributed by atoms with Crippen molar-refractivity contribution in [3.8, 4) is 11.5 Å². The zero-order chi connectivity index (χ0) is 13.0. The summed E-state index contributed by atoms with van der Waals surface area (Å²) in [5.41, 5.74) is 9.10. The number of thiazole rings is 1. The van der Waals surface area contributed by atoms with Crippen molar-refractivity contribution in [1.82, 2.24) is 4.98 Å². The molecule has 2 rings (SSSR count). The molecule has 1 heterocycles. The van der Waals surface area contributed by atoms with Crippen LogP contribution in [0.3, 0.4) is 0 Å². The molecule has 0 bridgehead atoms. The third-order valence-electron chi connectivity index (χ3n) is 2.37. The number of hydrogen-bond acceptors (Lipinski definition) is 5. The molecule has 0 saturated heterocycles. The fraction of sp³-hybridized carbons (Fsp3) is 0.250. The van der Waals surface area contributed by atoms with E-state index in [1.807, 2.05) is 11.4 Å². The van der Waals surface area contributed by atoms with Crippen LogP contribution in [-0.4, -0.2) is 12.1 Å². The van der Waals surface area contributed by atoms with Gasteiger partial charge in [-0.3, -0.25) is 0 Å². The standard InChI is InChI=1S/C12H13ClN2O2S/c1-16-11-3-8(4-14)2-10(13)12(11)17-5-9-6-18-7-15-9/h2-3,6-7H,4-5,14H2,1H3. The van der Waals surface area contributed by atoms with Gasteiger partial charge in [0.2, 0.25) is 0 Å². The first-order valence-corrected chi connectivity index (χ1v) is 6.63. The monoisotopic (exact) mass is 284 g/mol. The van der Waals surface area contributed by atoms with Crippen LogP contribution < -0.4 is 15.2 Å². The van der Waals surface area contributed by atoms with Gasteiger partial charge in [0.15, 0.2) is 11.5 Å². The minimum Gasteiger partial charge on any atom is -0.493 e. The van der Waals surface area contributed by atoms with Gasteiger partial charge < -0.3 is 15.2 Å². The predicted octanol–water partition coefficient (Wildman–Crippen LogP) is 2.84. The van der Waals surface area contributed by atoms with Crippen LogP contribution in [0.4, 0.5) is 0 Å². The van der Waals surface area contributed by atoms with E-state index in [4.69, 9.17) is 26.8 Å². The lowest BCUT2D eigenvalue weighted by Gasteiger charge is -2.13. The van der Waals surface area contributed by atoms with Gasteiger partial charge in [-0.1, -0.05) is 11.6 Å². The minimum atomic E-state index is 0.363. The molecule has 0 aliphatic carbocycles. The van der Waals surface area contributed by atoms with Gasteiger partial charge in [0.05, 0.1) is 23.3 Å². The summed E-state index contributed by atoms with van der Waals surface area (Å²) in [5, 5.41) is 2.42. The Labute approximate surface area is 114 Å². The molecule has 0 radical (unpaired) electrons. The molecule has 18 heavy (non-hydrogen) atoms. The van der Waals surface area contributed by atoms with Gasteiger partial charge in [0.25, 0.3) is 0 Å². The predicted molar refractivity (Wildman–Crippen MR) is 72.3 cm³/mol. The quantitative estimate of drug-likeness (QED) is 0.917. The zero-order valence-electron chi connectivity index (χ0n) is 9.85. The molecule has 0 unspecified atom stereocenters. The number of methoxy groups -OCH3 is 1. The van der Waals surface area contributed by atoms with Gasteiger partial charge in [0, 0.05) is 11.9 Å². The van der Waals surface area contributed by atoms with Gasteiger partial charge in [-0.2, -0.15) is 0 Å². The molecule has 0 aliphatic rings. The number of nitrogens with two attached hydrogens (primary N) is 1. The zero-order valence-corrected chi connectivity index (χ0v) is 11.4. The summed E-state index contributed by atoms with van der Waals surface area (Å²) in [6, 6.07) is 3.60. The third-order valence-corrected chi connectivity index (χ3v) is 3.29. The second-order valence-electron chi connectivity index (χ2n) is 3.58. The highest BCUT2D eigenvalue weighted by molar-refractivity contribution is 7.07. The Hall–Kier alpha value is -1.30. The van der Waals surface area contributed by atoms with Crippen LogP contribution in [0, 0.1) is 0 Å². The summed E-state index contributed by atoms with van der Waals surface area (Å²) in [6.07, 6.45) is 0. The summed E-state index contributed by atoms with van der Waals surface area (Å²) >= 11 is 7.68. The van der Waals surface area contributed by atoms with Crippen LogP contribution in [-0.2, 0) is 13.2 Å². The molecule has 2 aromatic rings. The highest BCUT2D eigenvalue weighted by atomic mass is 35.5. The minimum absolute atomic E-state index is 0.363. The molecular weight excluding hydrogens is 272 g/mol. The first kappa shape index (κ1) is 13.1. The van der Waals surface area contributed by atoms with Crippen molar-refractivity contribution in [2.24, 2.45) is 5.73 Å². The van der Waals surface area contributed by atoms with E-state index < -0.39 is 0 Å². The second kappa shape index (κ2) is 6.04. The van der Waals surface area contributed by atoms with Crippen LogP contribution in [0.5, 0.6) is 11.5 Å². The first-order valence-electron chi connectivity index (χ1n) is 5.31. The summed E-state index contributed by atoms with van der Waals surface area (Å²) in [4.78, 5) is 4.14. The van der Waals surface area contributed by atoms with Gasteiger partial charge in [-0.05, 0) is 17.7 Å². The van der Waals surface area contributed by atoms with Crippen molar-refractivity contribution in [3.05, 3.63) is 39.3 Å². The molecule has 2 N–H and O–H groups in total. The molecule has 0 aliphatic heterocycles. The van der Waals surface area contributed by atoms with E-state index in [-0.39, 0.29) is 0 Å². The normalized spacial score (nSPS) is 10.4. The number of ether oxygens (including phenoxy) is 2. The van der Waals surface area contributed by atoms with Gasteiger partial charge in [-0.25, -0.2) is 4.98 Å². The largest absolute Gasteiger partial charge is 0.493 e. The smallest absolute Gasteiger partial charge is 0.180 e. The summed E-state index contributed by atoms with van der Waals surface area (Å²) in [5.74, 6) is 1.10. The van der Waals surface area contributed by atoms with Crippen molar-refractivity contribution >= 4 is 22.9 Å². The van der Waals surface area contributed by atoms with Crippen LogP contribution in [0.1, 0.15) is 11.3 Å². The van der Waals surface area contributed by atoms with E-state index in [9.17, 15) is 0 Å². The van der Waals surface area contributed by atoms with E-state index >= 15 is 0 Å². The number of halogens is 1. The summed E-state index contributed by atoms with van der Waals surface area (Å²) in [7, 11) is 1.57. The van der Waals surface area contributed by atoms with Gasteiger partial charge in [-0.15, -0.1) is 11.3 Å².